The number of hydrogen-bond acceptors (Lipinski definition) is 3. The Hall–Kier alpha value is -1.53. The van der Waals surface area contributed by atoms with Crippen LogP contribution in [-0.2, 0) is 4.79 Å². The summed E-state index contributed by atoms with van der Waals surface area (Å²) in [4.78, 5) is 22.3. The molecular weight excluding hydrogens is 323 g/mol. The van der Waals surface area contributed by atoms with Gasteiger partial charge >= 0.3 is 6.03 Å². The van der Waals surface area contributed by atoms with Crippen LogP contribution in [0.25, 0.3) is 6.08 Å². The maximum atomic E-state index is 11.3. The highest BCUT2D eigenvalue weighted by Crippen LogP contribution is 2.34. The molecule has 7 heteroatoms. The lowest BCUT2D eigenvalue weighted by molar-refractivity contribution is -0.115. The van der Waals surface area contributed by atoms with E-state index in [2.05, 4.69) is 26.6 Å². The molecule has 94 valence electrons. The van der Waals surface area contributed by atoms with E-state index in [9.17, 15) is 9.59 Å². The van der Waals surface area contributed by atoms with E-state index >= 15 is 0 Å². The van der Waals surface area contributed by atoms with Crippen molar-refractivity contribution in [2.45, 2.75) is 0 Å². The Bertz CT molecular complexity index is 548. The van der Waals surface area contributed by atoms with Crippen LogP contribution in [0.3, 0.4) is 0 Å². The van der Waals surface area contributed by atoms with Crippen molar-refractivity contribution in [1.82, 2.24) is 10.6 Å². The highest BCUT2D eigenvalue weighted by Gasteiger charge is 2.22. The normalized spacial score (nSPS) is 16.7. The number of amides is 3. The van der Waals surface area contributed by atoms with Crippen molar-refractivity contribution in [2.24, 2.45) is 0 Å². The number of nitrogens with one attached hydrogen (secondary N) is 2. The molecule has 1 aromatic carbocycles. The molecule has 1 fully saturated rings. The van der Waals surface area contributed by atoms with Gasteiger partial charge in [0.25, 0.3) is 5.91 Å². The zero-order chi connectivity index (χ0) is 13.3. The molecule has 5 nitrogen and oxygen atoms in total. The Morgan fingerprint density at radius 2 is 2.06 bits per heavy atom. The van der Waals surface area contributed by atoms with E-state index in [0.29, 0.717) is 20.8 Å². The van der Waals surface area contributed by atoms with E-state index in [0.717, 1.165) is 0 Å². The molecule has 2 N–H and O–H groups in total. The van der Waals surface area contributed by atoms with E-state index in [4.69, 9.17) is 16.3 Å². The molecule has 0 saturated carbocycles. The molecule has 3 amide bonds. The lowest BCUT2D eigenvalue weighted by atomic mass is 10.2. The van der Waals surface area contributed by atoms with Gasteiger partial charge in [-0.25, -0.2) is 4.79 Å². The number of halogens is 2. The number of methoxy groups -OCH3 is 1. The molecule has 0 aromatic heterocycles. The second kappa shape index (κ2) is 4.99. The Labute approximate surface area is 116 Å². The first-order chi connectivity index (χ1) is 8.51. The Morgan fingerprint density at radius 3 is 2.56 bits per heavy atom. The highest BCUT2D eigenvalue weighted by atomic mass is 79.9. The third kappa shape index (κ3) is 2.49. The maximum absolute atomic E-state index is 11.3. The van der Waals surface area contributed by atoms with Crippen LogP contribution in [0.2, 0.25) is 5.02 Å². The van der Waals surface area contributed by atoms with Gasteiger partial charge in [-0.2, -0.15) is 0 Å². The average molecular weight is 332 g/mol. The first kappa shape index (κ1) is 12.9. The molecule has 0 spiro atoms. The van der Waals surface area contributed by atoms with Crippen molar-refractivity contribution in [3.05, 3.63) is 32.9 Å². The van der Waals surface area contributed by atoms with Crippen molar-refractivity contribution in [1.29, 1.82) is 0 Å². The number of imide groups is 1. The molecule has 1 saturated heterocycles. The number of carbonyl (C=O) groups excluding carboxylic acids is 2. The lowest BCUT2D eigenvalue weighted by Crippen LogP contribution is -2.22. The number of benzene rings is 1. The summed E-state index contributed by atoms with van der Waals surface area (Å²) in [6.45, 7) is 0. The van der Waals surface area contributed by atoms with Crippen molar-refractivity contribution >= 4 is 45.5 Å². The predicted octanol–water partition coefficient (Wildman–Crippen LogP) is 2.29. The van der Waals surface area contributed by atoms with Gasteiger partial charge in [-0.1, -0.05) is 11.6 Å². The minimum Gasteiger partial charge on any atom is -0.494 e. The first-order valence-corrected chi connectivity index (χ1v) is 6.05. The van der Waals surface area contributed by atoms with Gasteiger partial charge in [-0.15, -0.1) is 0 Å². The fourth-order valence-electron chi connectivity index (χ4n) is 1.51. The van der Waals surface area contributed by atoms with Gasteiger partial charge in [0.05, 0.1) is 16.6 Å². The minimum atomic E-state index is -0.537. The number of rotatable bonds is 2. The lowest BCUT2D eigenvalue weighted by Gasteiger charge is -2.07. The summed E-state index contributed by atoms with van der Waals surface area (Å²) in [5, 5.41) is 4.91. The molecule has 2 rings (SSSR count). The molecule has 18 heavy (non-hydrogen) atoms. The van der Waals surface area contributed by atoms with Crippen LogP contribution < -0.4 is 15.4 Å². The summed E-state index contributed by atoms with van der Waals surface area (Å²) < 4.78 is 5.75. The molecule has 0 aliphatic carbocycles. The van der Waals surface area contributed by atoms with E-state index in [1.807, 2.05) is 0 Å². The first-order valence-electron chi connectivity index (χ1n) is 4.88. The van der Waals surface area contributed by atoms with Crippen molar-refractivity contribution < 1.29 is 14.3 Å². The van der Waals surface area contributed by atoms with Gasteiger partial charge in [0.15, 0.2) is 5.75 Å². The van der Waals surface area contributed by atoms with E-state index in [1.165, 1.54) is 13.2 Å². The van der Waals surface area contributed by atoms with Crippen LogP contribution in [0.15, 0.2) is 22.3 Å². The van der Waals surface area contributed by atoms with Crippen LogP contribution >= 0.6 is 27.5 Å². The molecular formula is C11H8BrClN2O3. The van der Waals surface area contributed by atoms with Crippen LogP contribution in [0.1, 0.15) is 5.56 Å². The Kier molecular flexibility index (Phi) is 3.58. The number of urea groups is 1. The highest BCUT2D eigenvalue weighted by molar-refractivity contribution is 9.10. The van der Waals surface area contributed by atoms with Crippen molar-refractivity contribution in [3.8, 4) is 5.75 Å². The topological polar surface area (TPSA) is 67.4 Å². The molecule has 0 bridgehead atoms. The van der Waals surface area contributed by atoms with E-state index < -0.39 is 11.9 Å². The summed E-state index contributed by atoms with van der Waals surface area (Å²) in [6, 6.07) is 2.83. The van der Waals surface area contributed by atoms with Crippen LogP contribution in [-0.4, -0.2) is 19.0 Å². The minimum absolute atomic E-state index is 0.174. The SMILES string of the molecule is COc1c(Cl)cc(C=C2NC(=O)NC2=O)cc1Br. The average Bonchev–Trinajstić information content (AvgIpc) is 2.57. The van der Waals surface area contributed by atoms with Gasteiger partial charge in [0.2, 0.25) is 0 Å². The van der Waals surface area contributed by atoms with Gasteiger partial charge in [0, 0.05) is 0 Å². The molecule has 0 unspecified atom stereocenters. The summed E-state index contributed by atoms with van der Waals surface area (Å²) in [5.41, 5.74) is 0.841. The fourth-order valence-corrected chi connectivity index (χ4v) is 2.57. The molecule has 1 heterocycles. The summed E-state index contributed by atoms with van der Waals surface area (Å²) in [7, 11) is 1.51. The zero-order valence-electron chi connectivity index (χ0n) is 9.21. The van der Waals surface area contributed by atoms with Crippen molar-refractivity contribution in [2.75, 3.05) is 7.11 Å². The quantitative estimate of drug-likeness (QED) is 0.645. The van der Waals surface area contributed by atoms with Crippen LogP contribution in [0.4, 0.5) is 4.79 Å². The van der Waals surface area contributed by atoms with Crippen LogP contribution in [0.5, 0.6) is 5.75 Å². The molecule has 0 radical (unpaired) electrons. The second-order valence-corrected chi connectivity index (χ2v) is 4.75. The van der Waals surface area contributed by atoms with Gasteiger partial charge < -0.3 is 10.1 Å². The largest absolute Gasteiger partial charge is 0.494 e. The number of ether oxygens (including phenoxy) is 1. The standard InChI is InChI=1S/C11H8BrClN2O3/c1-18-9-6(12)2-5(3-7(9)13)4-8-10(16)15-11(17)14-8/h2-4H,1H3,(H2,14,15,16,17). The molecule has 1 aromatic rings. The van der Waals surface area contributed by atoms with Gasteiger partial charge in [-0.3, -0.25) is 10.1 Å². The van der Waals surface area contributed by atoms with Crippen molar-refractivity contribution in [3.63, 3.8) is 0 Å². The molecule has 1 aliphatic rings. The Morgan fingerprint density at radius 1 is 1.33 bits per heavy atom. The van der Waals surface area contributed by atoms with Crippen LogP contribution in [0, 0.1) is 0 Å². The number of carbonyl (C=O) groups is 2. The summed E-state index contributed by atoms with van der Waals surface area (Å²) >= 11 is 9.32. The monoisotopic (exact) mass is 330 g/mol. The van der Waals surface area contributed by atoms with E-state index in [-0.39, 0.29) is 5.70 Å². The van der Waals surface area contributed by atoms with E-state index in [1.54, 1.807) is 12.1 Å². The van der Waals surface area contributed by atoms with Gasteiger partial charge in [-0.05, 0) is 39.7 Å². The Balaban J connectivity index is 2.39. The van der Waals surface area contributed by atoms with Gasteiger partial charge in [0.1, 0.15) is 5.70 Å². The third-order valence-corrected chi connectivity index (χ3v) is 3.13. The fraction of sp³-hybridized carbons (Fsp3) is 0.0909. The second-order valence-electron chi connectivity index (χ2n) is 3.48. The molecule has 1 aliphatic heterocycles. The summed E-state index contributed by atoms with van der Waals surface area (Å²) in [5.74, 6) is 0.0433. The maximum Gasteiger partial charge on any atom is 0.326 e. The third-order valence-electron chi connectivity index (χ3n) is 2.26. The smallest absolute Gasteiger partial charge is 0.326 e. The zero-order valence-corrected chi connectivity index (χ0v) is 11.6. The molecule has 0 atom stereocenters. The number of hydrogen-bond donors (Lipinski definition) is 2. The summed E-state index contributed by atoms with van der Waals surface area (Å²) in [6.07, 6.45) is 1.52. The predicted molar refractivity (Wildman–Crippen MR) is 70.4 cm³/mol.